The number of benzene rings is 2. The maximum absolute atomic E-state index is 14.9. The molecule has 3 heterocycles. The van der Waals surface area contributed by atoms with E-state index in [1.165, 1.54) is 30.6 Å². The molecule has 6 nitrogen and oxygen atoms in total. The number of aliphatic hydroxyl groups is 1. The van der Waals surface area contributed by atoms with Crippen LogP contribution in [0.15, 0.2) is 53.8 Å². The second kappa shape index (κ2) is 9.23. The summed E-state index contributed by atoms with van der Waals surface area (Å²) in [5, 5.41) is 9.23. The molecule has 1 atom stereocenters. The molecule has 0 fully saturated rings. The molecule has 2 aromatic carbocycles. The predicted octanol–water partition coefficient (Wildman–Crippen LogP) is 5.25. The molecular formula is C25H18F5N3O3. The normalized spacial score (nSPS) is 17.7. The van der Waals surface area contributed by atoms with Crippen LogP contribution in [0, 0.1) is 23.3 Å². The Morgan fingerprint density at radius 1 is 1.06 bits per heavy atom. The number of aromatic amines is 1. The summed E-state index contributed by atoms with van der Waals surface area (Å²) in [4.78, 5) is 10.8. The molecular weight excluding hydrogens is 485 g/mol. The summed E-state index contributed by atoms with van der Waals surface area (Å²) in [5.74, 6) is -4.88. The van der Waals surface area contributed by atoms with Gasteiger partial charge in [-0.2, -0.15) is 0 Å². The van der Waals surface area contributed by atoms with Crippen LogP contribution in [-0.2, 0) is 11.2 Å². The van der Waals surface area contributed by atoms with Crippen molar-refractivity contribution >= 4 is 16.9 Å². The molecule has 2 N–H and O–H groups in total. The first-order valence-corrected chi connectivity index (χ1v) is 10.8. The van der Waals surface area contributed by atoms with Crippen molar-refractivity contribution in [2.24, 2.45) is 4.99 Å². The Morgan fingerprint density at radius 2 is 1.83 bits per heavy atom. The Labute approximate surface area is 201 Å². The van der Waals surface area contributed by atoms with Gasteiger partial charge in [-0.1, -0.05) is 12.1 Å². The third-order valence-electron chi connectivity index (χ3n) is 5.72. The van der Waals surface area contributed by atoms with E-state index in [0.717, 1.165) is 18.2 Å². The van der Waals surface area contributed by atoms with Gasteiger partial charge in [-0.15, -0.1) is 0 Å². The zero-order valence-electron chi connectivity index (χ0n) is 18.5. The molecule has 36 heavy (non-hydrogen) atoms. The van der Waals surface area contributed by atoms with Crippen LogP contribution >= 0.6 is 0 Å². The minimum atomic E-state index is -1.99. The van der Waals surface area contributed by atoms with Gasteiger partial charge >= 0.3 is 0 Å². The van der Waals surface area contributed by atoms with Gasteiger partial charge in [-0.3, -0.25) is 4.99 Å². The molecule has 0 saturated heterocycles. The highest BCUT2D eigenvalue weighted by Gasteiger charge is 2.34. The first-order valence-electron chi connectivity index (χ1n) is 10.8. The van der Waals surface area contributed by atoms with E-state index >= 15 is 0 Å². The Kier molecular flexibility index (Phi) is 6.09. The maximum atomic E-state index is 14.9. The number of alkyl halides is 1. The number of rotatable bonds is 6. The van der Waals surface area contributed by atoms with Crippen LogP contribution in [0.5, 0.6) is 11.5 Å². The molecule has 0 spiro atoms. The van der Waals surface area contributed by atoms with Gasteiger partial charge in [0.15, 0.2) is 40.6 Å². The largest absolute Gasteiger partial charge is 0.477 e. The van der Waals surface area contributed by atoms with Gasteiger partial charge in [0.1, 0.15) is 18.0 Å². The number of hydrogen-bond donors (Lipinski definition) is 2. The van der Waals surface area contributed by atoms with Gasteiger partial charge < -0.3 is 19.6 Å². The van der Waals surface area contributed by atoms with Gasteiger partial charge in [0.2, 0.25) is 0 Å². The van der Waals surface area contributed by atoms with E-state index in [0.29, 0.717) is 0 Å². The van der Waals surface area contributed by atoms with Crippen LogP contribution in [0.1, 0.15) is 5.56 Å². The van der Waals surface area contributed by atoms with Crippen molar-refractivity contribution in [3.63, 3.8) is 0 Å². The Hall–Kier alpha value is -3.99. The second-order valence-electron chi connectivity index (χ2n) is 8.31. The zero-order valence-corrected chi connectivity index (χ0v) is 18.5. The lowest BCUT2D eigenvalue weighted by Gasteiger charge is -2.26. The Bertz CT molecular complexity index is 1470. The molecule has 1 aliphatic heterocycles. The quantitative estimate of drug-likeness (QED) is 0.353. The van der Waals surface area contributed by atoms with Crippen LogP contribution in [0.2, 0.25) is 0 Å². The molecule has 186 valence electrons. The van der Waals surface area contributed by atoms with E-state index in [9.17, 15) is 22.0 Å². The lowest BCUT2D eigenvalue weighted by Crippen LogP contribution is -2.42. The summed E-state index contributed by atoms with van der Waals surface area (Å²) in [6.45, 7) is -1.50. The lowest BCUT2D eigenvalue weighted by molar-refractivity contribution is 0.0171. The molecule has 2 aromatic heterocycles. The third kappa shape index (κ3) is 4.37. The Morgan fingerprint density at radius 3 is 2.53 bits per heavy atom. The van der Waals surface area contributed by atoms with Gasteiger partial charge in [0, 0.05) is 29.9 Å². The molecule has 0 saturated carbocycles. The summed E-state index contributed by atoms with van der Waals surface area (Å²) < 4.78 is 82.9. The van der Waals surface area contributed by atoms with E-state index < -0.39 is 47.9 Å². The first kappa shape index (κ1) is 23.7. The lowest BCUT2D eigenvalue weighted by atomic mass is 10.0. The van der Waals surface area contributed by atoms with Crippen LogP contribution < -0.4 is 4.74 Å². The van der Waals surface area contributed by atoms with E-state index in [2.05, 4.69) is 15.0 Å². The van der Waals surface area contributed by atoms with Crippen molar-refractivity contribution in [1.29, 1.82) is 0 Å². The third-order valence-corrected chi connectivity index (χ3v) is 5.72. The van der Waals surface area contributed by atoms with Crippen LogP contribution in [0.3, 0.4) is 0 Å². The van der Waals surface area contributed by atoms with Gasteiger partial charge in [-0.05, 0) is 29.8 Å². The number of aliphatic hydroxyl groups excluding tert-OH is 1. The second-order valence-corrected chi connectivity index (χ2v) is 8.31. The molecule has 11 heteroatoms. The number of nitrogens with one attached hydrogen (secondary N) is 1. The van der Waals surface area contributed by atoms with Crippen molar-refractivity contribution < 1.29 is 36.5 Å². The molecule has 1 unspecified atom stereocenters. The summed E-state index contributed by atoms with van der Waals surface area (Å²) in [6.07, 6.45) is 2.63. The van der Waals surface area contributed by atoms with Crippen molar-refractivity contribution in [2.45, 2.75) is 12.1 Å². The standard InChI is InChI=1S/C25H18F5N3O3/c26-16-3-1-2-14(22(16)29)15-9-32-24-21(15)19(4-5-31-24)36-23-17(27)6-13(7-18(23)28)8-20-33-10-25(30,11-34)12-35-20/h1-7,9,34H,8,10-12H2,(H,31,32). The van der Waals surface area contributed by atoms with Crippen LogP contribution in [-0.4, -0.2) is 46.4 Å². The molecule has 1 aliphatic rings. The highest BCUT2D eigenvalue weighted by atomic mass is 19.2. The van der Waals surface area contributed by atoms with Crippen molar-refractivity contribution in [3.05, 3.63) is 77.6 Å². The molecule has 0 amide bonds. The molecule has 5 rings (SSSR count). The first-order chi connectivity index (χ1) is 17.3. The summed E-state index contributed by atoms with van der Waals surface area (Å²) >= 11 is 0. The highest BCUT2D eigenvalue weighted by molar-refractivity contribution is 5.98. The number of fused-ring (bicyclic) bond motifs is 1. The zero-order chi connectivity index (χ0) is 25.4. The van der Waals surface area contributed by atoms with Crippen molar-refractivity contribution in [2.75, 3.05) is 19.8 Å². The smallest absolute Gasteiger partial charge is 0.198 e. The average Bonchev–Trinajstić information content (AvgIpc) is 3.29. The highest BCUT2D eigenvalue weighted by Crippen LogP contribution is 2.39. The van der Waals surface area contributed by atoms with Crippen molar-refractivity contribution in [3.8, 4) is 22.6 Å². The van der Waals surface area contributed by atoms with E-state index in [1.54, 1.807) is 0 Å². The SMILES string of the molecule is OCC1(F)CN=C(Cc2cc(F)c(Oc3ccnc4[nH]cc(-c5cccc(F)c5F)c34)c(F)c2)OC1. The number of aliphatic imine (C=N–C) groups is 1. The topological polar surface area (TPSA) is 79.7 Å². The fourth-order valence-corrected chi connectivity index (χ4v) is 3.87. The minimum Gasteiger partial charge on any atom is -0.477 e. The van der Waals surface area contributed by atoms with E-state index in [-0.39, 0.29) is 52.3 Å². The number of halogens is 5. The number of ether oxygens (including phenoxy) is 2. The monoisotopic (exact) mass is 503 g/mol. The predicted molar refractivity (Wildman–Crippen MR) is 121 cm³/mol. The number of H-pyrrole nitrogens is 1. The number of nitrogens with zero attached hydrogens (tertiary/aromatic N) is 2. The summed E-state index contributed by atoms with van der Waals surface area (Å²) in [5.41, 5.74) is -1.47. The molecule has 0 radical (unpaired) electrons. The fraction of sp³-hybridized carbons (Fsp3) is 0.200. The minimum absolute atomic E-state index is 0.0336. The van der Waals surface area contributed by atoms with Gasteiger partial charge in [0.25, 0.3) is 0 Å². The Balaban J connectivity index is 1.46. The molecule has 0 aliphatic carbocycles. The fourth-order valence-electron chi connectivity index (χ4n) is 3.87. The van der Waals surface area contributed by atoms with Crippen LogP contribution in [0.4, 0.5) is 22.0 Å². The maximum Gasteiger partial charge on any atom is 0.198 e. The van der Waals surface area contributed by atoms with Gasteiger partial charge in [-0.25, -0.2) is 26.9 Å². The number of pyridine rings is 1. The number of aromatic nitrogens is 2. The average molecular weight is 503 g/mol. The number of hydrogen-bond acceptors (Lipinski definition) is 5. The molecule has 4 aromatic rings. The molecule has 0 bridgehead atoms. The summed E-state index contributed by atoms with van der Waals surface area (Å²) in [6, 6.07) is 7.06. The van der Waals surface area contributed by atoms with E-state index in [4.69, 9.17) is 14.6 Å². The van der Waals surface area contributed by atoms with Crippen LogP contribution in [0.25, 0.3) is 22.2 Å². The van der Waals surface area contributed by atoms with Crippen molar-refractivity contribution in [1.82, 2.24) is 9.97 Å². The van der Waals surface area contributed by atoms with E-state index in [1.807, 2.05) is 0 Å². The van der Waals surface area contributed by atoms with Gasteiger partial charge in [0.05, 0.1) is 18.5 Å². The summed E-state index contributed by atoms with van der Waals surface area (Å²) in [7, 11) is 0.